The van der Waals surface area contributed by atoms with Crippen LogP contribution in [0, 0.1) is 0 Å². The Balaban J connectivity index is 3.40. The molecular weight excluding hydrogens is 384 g/mol. The van der Waals surface area contributed by atoms with Gasteiger partial charge < -0.3 is 5.73 Å². The lowest BCUT2D eigenvalue weighted by atomic mass is 10.3. The number of nitrogen functional groups attached to an aromatic ring is 1. The molecule has 0 radical (unpaired) electrons. The van der Waals surface area contributed by atoms with E-state index in [9.17, 15) is 8.42 Å². The van der Waals surface area contributed by atoms with E-state index in [2.05, 4.69) is 38.4 Å². The largest absolute Gasteiger partial charge is 0.398 e. The van der Waals surface area contributed by atoms with Gasteiger partial charge in [0, 0.05) is 22.0 Å². The number of anilines is 1. The van der Waals surface area contributed by atoms with E-state index >= 15 is 0 Å². The highest BCUT2D eigenvalue weighted by atomic mass is 79.9. The summed E-state index contributed by atoms with van der Waals surface area (Å²) in [5.74, 6) is 0. The molecule has 18 heavy (non-hydrogen) atoms. The smallest absolute Gasteiger partial charge is 0.246 e. The van der Waals surface area contributed by atoms with E-state index in [1.165, 1.54) is 4.31 Å². The van der Waals surface area contributed by atoms with E-state index in [0.29, 0.717) is 11.0 Å². The van der Waals surface area contributed by atoms with Gasteiger partial charge in [-0.3, -0.25) is 0 Å². The van der Waals surface area contributed by atoms with Crippen molar-refractivity contribution < 1.29 is 8.42 Å². The predicted molar refractivity (Wildman–Crippen MR) is 80.9 cm³/mol. The van der Waals surface area contributed by atoms with E-state index in [1.807, 2.05) is 0 Å². The number of halogens is 2. The second-order valence-corrected chi connectivity index (χ2v) is 7.20. The molecule has 0 bridgehead atoms. The van der Waals surface area contributed by atoms with Crippen LogP contribution < -0.4 is 5.73 Å². The Kier molecular flexibility index (Phi) is 5.39. The van der Waals surface area contributed by atoms with Gasteiger partial charge in [-0.25, -0.2) is 8.42 Å². The fourth-order valence-corrected chi connectivity index (χ4v) is 4.96. The standard InChI is InChI=1S/C11H14Br2N2O2S/c1-3-5-15(4-2)18(16,17)11-9(13)6-8(12)7-10(11)14/h3,6-7H,1,4-5,14H2,2H3. The van der Waals surface area contributed by atoms with Crippen molar-refractivity contribution in [2.75, 3.05) is 18.8 Å². The van der Waals surface area contributed by atoms with Crippen LogP contribution in [-0.2, 0) is 10.0 Å². The summed E-state index contributed by atoms with van der Waals surface area (Å²) in [5, 5.41) is 0. The fourth-order valence-electron chi connectivity index (χ4n) is 1.52. The lowest BCUT2D eigenvalue weighted by Crippen LogP contribution is -2.31. The van der Waals surface area contributed by atoms with Crippen molar-refractivity contribution in [3.63, 3.8) is 0 Å². The van der Waals surface area contributed by atoms with Crippen LogP contribution in [0.5, 0.6) is 0 Å². The predicted octanol–water partition coefficient (Wildman–Crippen LogP) is 2.99. The van der Waals surface area contributed by atoms with Crippen LogP contribution in [0.2, 0.25) is 0 Å². The van der Waals surface area contributed by atoms with Gasteiger partial charge in [-0.15, -0.1) is 6.58 Å². The van der Waals surface area contributed by atoms with Crippen molar-refractivity contribution in [3.05, 3.63) is 33.7 Å². The van der Waals surface area contributed by atoms with Gasteiger partial charge in [0.2, 0.25) is 10.0 Å². The molecule has 100 valence electrons. The highest BCUT2D eigenvalue weighted by molar-refractivity contribution is 9.11. The van der Waals surface area contributed by atoms with Crippen molar-refractivity contribution in [1.29, 1.82) is 0 Å². The lowest BCUT2D eigenvalue weighted by Gasteiger charge is -2.20. The normalized spacial score (nSPS) is 11.8. The zero-order chi connectivity index (χ0) is 13.9. The average molecular weight is 398 g/mol. The molecule has 1 rings (SSSR count). The Morgan fingerprint density at radius 3 is 2.50 bits per heavy atom. The molecule has 0 saturated heterocycles. The van der Waals surface area contributed by atoms with Gasteiger partial charge in [-0.1, -0.05) is 28.9 Å². The summed E-state index contributed by atoms with van der Waals surface area (Å²) < 4.78 is 27.4. The van der Waals surface area contributed by atoms with Gasteiger partial charge in [0.05, 0.1) is 5.69 Å². The second-order valence-electron chi connectivity index (χ2n) is 3.55. The molecule has 0 saturated carbocycles. The topological polar surface area (TPSA) is 63.4 Å². The lowest BCUT2D eigenvalue weighted by molar-refractivity contribution is 0.460. The van der Waals surface area contributed by atoms with Crippen LogP contribution in [0.3, 0.4) is 0 Å². The van der Waals surface area contributed by atoms with E-state index < -0.39 is 10.0 Å². The van der Waals surface area contributed by atoms with Gasteiger partial charge in [0.15, 0.2) is 0 Å². The van der Waals surface area contributed by atoms with Crippen molar-refractivity contribution in [2.45, 2.75) is 11.8 Å². The molecule has 0 aliphatic rings. The van der Waals surface area contributed by atoms with Crippen molar-refractivity contribution >= 4 is 47.6 Å². The number of sulfonamides is 1. The number of hydrogen-bond donors (Lipinski definition) is 1. The molecule has 2 N–H and O–H groups in total. The third-order valence-electron chi connectivity index (χ3n) is 2.32. The summed E-state index contributed by atoms with van der Waals surface area (Å²) in [5.41, 5.74) is 6.01. The van der Waals surface area contributed by atoms with Gasteiger partial charge in [-0.05, 0) is 28.1 Å². The molecule has 0 fully saturated rings. The fraction of sp³-hybridized carbons (Fsp3) is 0.273. The Hall–Kier alpha value is -0.370. The average Bonchev–Trinajstić information content (AvgIpc) is 2.23. The number of likely N-dealkylation sites (N-methyl/N-ethyl adjacent to an activating group) is 1. The van der Waals surface area contributed by atoms with Crippen molar-refractivity contribution in [1.82, 2.24) is 4.31 Å². The number of nitrogens with two attached hydrogens (primary N) is 1. The molecule has 0 heterocycles. The third-order valence-corrected chi connectivity index (χ3v) is 5.72. The molecule has 0 unspecified atom stereocenters. The minimum atomic E-state index is -3.62. The summed E-state index contributed by atoms with van der Waals surface area (Å²) in [6.45, 7) is 5.93. The first-order valence-electron chi connectivity index (χ1n) is 5.20. The summed E-state index contributed by atoms with van der Waals surface area (Å²) in [6, 6.07) is 3.23. The van der Waals surface area contributed by atoms with Crippen LogP contribution in [0.25, 0.3) is 0 Å². The first-order chi connectivity index (χ1) is 8.34. The summed E-state index contributed by atoms with van der Waals surface area (Å²) in [7, 11) is -3.62. The molecule has 0 aliphatic heterocycles. The highest BCUT2D eigenvalue weighted by Crippen LogP contribution is 2.33. The second kappa shape index (κ2) is 6.18. The first-order valence-corrected chi connectivity index (χ1v) is 8.22. The maximum Gasteiger partial charge on any atom is 0.246 e. The molecule has 0 amide bonds. The number of rotatable bonds is 5. The first kappa shape index (κ1) is 15.7. The Morgan fingerprint density at radius 1 is 1.44 bits per heavy atom. The minimum Gasteiger partial charge on any atom is -0.398 e. The van der Waals surface area contributed by atoms with Crippen molar-refractivity contribution in [2.24, 2.45) is 0 Å². The van der Waals surface area contributed by atoms with E-state index in [0.717, 1.165) is 4.47 Å². The van der Waals surface area contributed by atoms with E-state index in [-0.39, 0.29) is 17.1 Å². The molecule has 4 nitrogen and oxygen atoms in total. The number of nitrogens with zero attached hydrogens (tertiary/aromatic N) is 1. The summed E-state index contributed by atoms with van der Waals surface area (Å²) in [4.78, 5) is 0.0920. The molecule has 0 atom stereocenters. The maximum absolute atomic E-state index is 12.5. The van der Waals surface area contributed by atoms with Gasteiger partial charge in [0.25, 0.3) is 0 Å². The SMILES string of the molecule is C=CCN(CC)S(=O)(=O)c1c(N)cc(Br)cc1Br. The Morgan fingerprint density at radius 2 is 2.06 bits per heavy atom. The Bertz CT molecular complexity index is 535. The van der Waals surface area contributed by atoms with E-state index in [4.69, 9.17) is 5.73 Å². The van der Waals surface area contributed by atoms with Crippen LogP contribution in [0.4, 0.5) is 5.69 Å². The molecule has 0 aromatic heterocycles. The number of benzene rings is 1. The van der Waals surface area contributed by atoms with Crippen molar-refractivity contribution in [3.8, 4) is 0 Å². The molecular formula is C11H14Br2N2O2S. The number of hydrogen-bond acceptors (Lipinski definition) is 3. The van der Waals surface area contributed by atoms with Gasteiger partial charge in [0.1, 0.15) is 4.90 Å². The molecule has 0 aliphatic carbocycles. The molecule has 0 spiro atoms. The van der Waals surface area contributed by atoms with Crippen LogP contribution in [0.15, 0.2) is 38.6 Å². The molecule has 1 aromatic rings. The molecule has 7 heteroatoms. The maximum atomic E-state index is 12.5. The van der Waals surface area contributed by atoms with Gasteiger partial charge >= 0.3 is 0 Å². The highest BCUT2D eigenvalue weighted by Gasteiger charge is 2.27. The Labute approximate surface area is 124 Å². The zero-order valence-electron chi connectivity index (χ0n) is 9.86. The summed E-state index contributed by atoms with van der Waals surface area (Å²) >= 11 is 6.50. The molecule has 1 aromatic carbocycles. The van der Waals surface area contributed by atoms with Crippen LogP contribution in [0.1, 0.15) is 6.92 Å². The zero-order valence-corrected chi connectivity index (χ0v) is 13.8. The third kappa shape index (κ3) is 3.14. The summed E-state index contributed by atoms with van der Waals surface area (Å²) in [6.07, 6.45) is 1.55. The van der Waals surface area contributed by atoms with Gasteiger partial charge in [-0.2, -0.15) is 4.31 Å². The van der Waals surface area contributed by atoms with Crippen LogP contribution in [-0.4, -0.2) is 25.8 Å². The van der Waals surface area contributed by atoms with E-state index in [1.54, 1.807) is 25.1 Å². The quantitative estimate of drug-likeness (QED) is 0.613. The van der Waals surface area contributed by atoms with Crippen LogP contribution >= 0.6 is 31.9 Å². The monoisotopic (exact) mass is 396 g/mol. The minimum absolute atomic E-state index is 0.0920.